The smallest absolute Gasteiger partial charge is 0.336 e. The minimum absolute atomic E-state index is 0.0919. The van der Waals surface area contributed by atoms with Crippen LogP contribution >= 0.6 is 11.3 Å². The van der Waals surface area contributed by atoms with Crippen LogP contribution in [0.25, 0.3) is 11.6 Å². The van der Waals surface area contributed by atoms with Gasteiger partial charge >= 0.3 is 5.97 Å². The van der Waals surface area contributed by atoms with Gasteiger partial charge in [-0.3, -0.25) is 4.98 Å². The van der Waals surface area contributed by atoms with Gasteiger partial charge in [0.15, 0.2) is 9.84 Å². The van der Waals surface area contributed by atoms with Gasteiger partial charge in [-0.1, -0.05) is 12.1 Å². The monoisotopic (exact) mass is 309 g/mol. The second-order valence-electron chi connectivity index (χ2n) is 4.06. The third kappa shape index (κ3) is 3.31. The minimum Gasteiger partial charge on any atom is -0.478 e. The van der Waals surface area contributed by atoms with Crippen molar-refractivity contribution in [3.05, 3.63) is 46.4 Å². The molecule has 0 saturated carbocycles. The van der Waals surface area contributed by atoms with Crippen molar-refractivity contribution >= 4 is 38.8 Å². The van der Waals surface area contributed by atoms with Crippen LogP contribution in [0, 0.1) is 0 Å². The molecule has 1 heterocycles. The van der Waals surface area contributed by atoms with E-state index in [1.54, 1.807) is 11.7 Å². The van der Waals surface area contributed by atoms with E-state index in [2.05, 4.69) is 4.98 Å². The molecule has 0 aliphatic heterocycles. The predicted molar refractivity (Wildman–Crippen MR) is 77.2 cm³/mol. The van der Waals surface area contributed by atoms with Gasteiger partial charge in [0.1, 0.15) is 0 Å². The third-order valence-corrected chi connectivity index (χ3v) is 4.41. The topological polar surface area (TPSA) is 84.3 Å². The summed E-state index contributed by atoms with van der Waals surface area (Å²) in [5.74, 6) is -1.08. The average Bonchev–Trinajstić information content (AvgIpc) is 2.87. The van der Waals surface area contributed by atoms with Gasteiger partial charge in [-0.15, -0.1) is 11.3 Å². The van der Waals surface area contributed by atoms with Crippen molar-refractivity contribution in [1.29, 1.82) is 0 Å². The van der Waals surface area contributed by atoms with Gasteiger partial charge in [-0.2, -0.15) is 0 Å². The SMILES string of the molecule is CS(=O)(=O)c1ccc(/C(=C/c2cncs2)C(=O)O)cc1. The highest BCUT2D eigenvalue weighted by molar-refractivity contribution is 7.90. The summed E-state index contributed by atoms with van der Waals surface area (Å²) in [7, 11) is -3.29. The van der Waals surface area contributed by atoms with Crippen molar-refractivity contribution in [3.63, 3.8) is 0 Å². The van der Waals surface area contributed by atoms with Gasteiger partial charge in [-0.05, 0) is 23.8 Å². The fourth-order valence-corrected chi connectivity index (χ4v) is 2.77. The lowest BCUT2D eigenvalue weighted by atomic mass is 10.1. The lowest BCUT2D eigenvalue weighted by molar-refractivity contribution is -0.130. The molecule has 0 aliphatic rings. The fraction of sp³-hybridized carbons (Fsp3) is 0.0769. The molecule has 2 rings (SSSR count). The summed E-state index contributed by atoms with van der Waals surface area (Å²) in [6.07, 6.45) is 4.18. The molecule has 20 heavy (non-hydrogen) atoms. The van der Waals surface area contributed by atoms with Gasteiger partial charge in [0.05, 0.1) is 16.0 Å². The van der Waals surface area contributed by atoms with Crippen molar-refractivity contribution < 1.29 is 18.3 Å². The largest absolute Gasteiger partial charge is 0.478 e. The Hall–Kier alpha value is -1.99. The summed E-state index contributed by atoms with van der Waals surface area (Å²) < 4.78 is 22.7. The van der Waals surface area contributed by atoms with E-state index in [-0.39, 0.29) is 10.5 Å². The number of sulfone groups is 1. The van der Waals surface area contributed by atoms with Crippen molar-refractivity contribution in [2.24, 2.45) is 0 Å². The molecule has 1 aromatic carbocycles. The number of hydrogen-bond acceptors (Lipinski definition) is 5. The van der Waals surface area contributed by atoms with Gasteiger partial charge in [0.2, 0.25) is 0 Å². The standard InChI is InChI=1S/C13H11NO4S2/c1-20(17,18)11-4-2-9(3-5-11)12(13(15)16)6-10-7-14-8-19-10/h2-8H,1H3,(H,15,16)/b12-6-. The zero-order valence-electron chi connectivity index (χ0n) is 10.5. The first-order valence-corrected chi connectivity index (χ1v) is 8.29. The molecule has 0 atom stereocenters. The van der Waals surface area contributed by atoms with Gasteiger partial charge in [0, 0.05) is 17.3 Å². The molecule has 0 saturated heterocycles. The van der Waals surface area contributed by atoms with E-state index in [0.717, 1.165) is 11.1 Å². The predicted octanol–water partition coefficient (Wildman–Crippen LogP) is 2.17. The highest BCUT2D eigenvalue weighted by Crippen LogP contribution is 2.22. The maximum Gasteiger partial charge on any atom is 0.336 e. The third-order valence-electron chi connectivity index (χ3n) is 2.56. The number of nitrogens with zero attached hydrogens (tertiary/aromatic N) is 1. The molecule has 2 aromatic rings. The van der Waals surface area contributed by atoms with Crippen LogP contribution < -0.4 is 0 Å². The Morgan fingerprint density at radius 1 is 1.30 bits per heavy atom. The van der Waals surface area contributed by atoms with E-state index in [1.165, 1.54) is 41.7 Å². The van der Waals surface area contributed by atoms with Crippen LogP contribution in [0.2, 0.25) is 0 Å². The van der Waals surface area contributed by atoms with E-state index in [1.807, 2.05) is 0 Å². The minimum atomic E-state index is -3.29. The van der Waals surface area contributed by atoms with Crippen LogP contribution in [0.3, 0.4) is 0 Å². The zero-order valence-corrected chi connectivity index (χ0v) is 12.1. The molecule has 0 unspecified atom stereocenters. The maximum atomic E-state index is 11.4. The number of aromatic nitrogens is 1. The Morgan fingerprint density at radius 3 is 2.40 bits per heavy atom. The summed E-state index contributed by atoms with van der Waals surface area (Å²) in [5, 5.41) is 9.25. The first-order valence-electron chi connectivity index (χ1n) is 5.52. The fourth-order valence-electron chi connectivity index (χ4n) is 1.59. The molecule has 104 valence electrons. The maximum absolute atomic E-state index is 11.4. The number of carbonyl (C=O) groups is 1. The number of aliphatic carboxylic acids is 1. The molecular weight excluding hydrogens is 298 g/mol. The Balaban J connectivity index is 2.44. The van der Waals surface area contributed by atoms with E-state index in [0.29, 0.717) is 5.56 Å². The lowest BCUT2D eigenvalue weighted by Crippen LogP contribution is -2.01. The quantitative estimate of drug-likeness (QED) is 0.875. The first kappa shape index (κ1) is 14.4. The number of carboxylic acids is 1. The van der Waals surface area contributed by atoms with Crippen LogP contribution in [0.4, 0.5) is 0 Å². The Kier molecular flexibility index (Phi) is 4.01. The van der Waals surface area contributed by atoms with Crippen molar-refractivity contribution in [1.82, 2.24) is 4.98 Å². The molecule has 0 fully saturated rings. The van der Waals surface area contributed by atoms with E-state index in [9.17, 15) is 18.3 Å². The molecule has 0 spiro atoms. The normalized spacial score (nSPS) is 12.3. The molecular formula is C13H11NO4S2. The second-order valence-corrected chi connectivity index (χ2v) is 7.00. The van der Waals surface area contributed by atoms with Gasteiger partial charge < -0.3 is 5.11 Å². The van der Waals surface area contributed by atoms with Crippen LogP contribution in [0.5, 0.6) is 0 Å². The molecule has 0 aliphatic carbocycles. The number of carboxylic acid groups (broad SMARTS) is 1. The summed E-state index contributed by atoms with van der Waals surface area (Å²) in [6, 6.07) is 5.76. The van der Waals surface area contributed by atoms with Crippen LogP contribution in [0.1, 0.15) is 10.4 Å². The van der Waals surface area contributed by atoms with E-state index >= 15 is 0 Å². The molecule has 0 radical (unpaired) electrons. The van der Waals surface area contributed by atoms with E-state index < -0.39 is 15.8 Å². The Bertz CT molecular complexity index is 744. The summed E-state index contributed by atoms with van der Waals surface area (Å²) in [4.78, 5) is 16.1. The van der Waals surface area contributed by atoms with Gasteiger partial charge in [0.25, 0.3) is 0 Å². The molecule has 5 nitrogen and oxygen atoms in total. The number of rotatable bonds is 4. The molecule has 1 N–H and O–H groups in total. The molecule has 0 bridgehead atoms. The molecule has 7 heteroatoms. The van der Waals surface area contributed by atoms with Crippen molar-refractivity contribution in [3.8, 4) is 0 Å². The average molecular weight is 309 g/mol. The molecule has 0 amide bonds. The Morgan fingerprint density at radius 2 is 1.95 bits per heavy atom. The van der Waals surface area contributed by atoms with Crippen molar-refractivity contribution in [2.75, 3.05) is 6.26 Å². The first-order chi connectivity index (χ1) is 9.38. The number of benzene rings is 1. The zero-order chi connectivity index (χ0) is 14.8. The molecule has 1 aromatic heterocycles. The summed E-state index contributed by atoms with van der Waals surface area (Å²) in [6.45, 7) is 0. The van der Waals surface area contributed by atoms with Crippen LogP contribution in [-0.2, 0) is 14.6 Å². The van der Waals surface area contributed by atoms with Crippen molar-refractivity contribution in [2.45, 2.75) is 4.90 Å². The highest BCUT2D eigenvalue weighted by atomic mass is 32.2. The Labute approximate surface area is 120 Å². The van der Waals surface area contributed by atoms with Crippen LogP contribution in [-0.4, -0.2) is 30.7 Å². The second kappa shape index (κ2) is 5.56. The van der Waals surface area contributed by atoms with E-state index in [4.69, 9.17) is 0 Å². The van der Waals surface area contributed by atoms with Crippen LogP contribution in [0.15, 0.2) is 40.9 Å². The lowest BCUT2D eigenvalue weighted by Gasteiger charge is -2.04. The number of hydrogen-bond donors (Lipinski definition) is 1. The summed E-state index contributed by atoms with van der Waals surface area (Å²) >= 11 is 1.32. The number of thiazole rings is 1. The van der Waals surface area contributed by atoms with Gasteiger partial charge in [-0.25, -0.2) is 13.2 Å². The highest BCUT2D eigenvalue weighted by Gasteiger charge is 2.13. The summed E-state index contributed by atoms with van der Waals surface area (Å²) in [5.41, 5.74) is 2.14.